The molecule has 2 nitrogen and oxygen atoms in total. The van der Waals surface area contributed by atoms with Gasteiger partial charge in [0.05, 0.1) is 7.11 Å². The van der Waals surface area contributed by atoms with Gasteiger partial charge in [-0.25, -0.2) is 0 Å². The Hall–Kier alpha value is -1.57. The number of aryl methyl sites for hydroxylation is 1. The maximum atomic E-state index is 11.1. The van der Waals surface area contributed by atoms with E-state index in [-0.39, 0.29) is 5.97 Å². The van der Waals surface area contributed by atoms with E-state index in [1.165, 1.54) is 82.4 Å². The van der Waals surface area contributed by atoms with Crippen molar-refractivity contribution in [3.05, 3.63) is 41.5 Å². The van der Waals surface area contributed by atoms with Gasteiger partial charge in [-0.05, 0) is 30.4 Å². The number of ether oxygens (including phenoxy) is 1. The molecule has 0 unspecified atom stereocenters. The summed E-state index contributed by atoms with van der Waals surface area (Å²) < 4.78 is 4.67. The van der Waals surface area contributed by atoms with E-state index in [0.717, 1.165) is 6.42 Å². The average Bonchev–Trinajstić information content (AvgIpc) is 2.65. The van der Waals surface area contributed by atoms with Crippen molar-refractivity contribution in [1.82, 2.24) is 0 Å². The fourth-order valence-corrected chi connectivity index (χ4v) is 2.94. The maximum absolute atomic E-state index is 11.1. The summed E-state index contributed by atoms with van der Waals surface area (Å²) in [5, 5.41) is 0. The number of allylic oxidation sites excluding steroid dienone is 1. The van der Waals surface area contributed by atoms with Gasteiger partial charge in [0, 0.05) is 6.42 Å². The molecule has 0 aliphatic carbocycles. The first-order valence-corrected chi connectivity index (χ1v) is 10.1. The lowest BCUT2D eigenvalue weighted by atomic mass is 10.1. The van der Waals surface area contributed by atoms with Crippen molar-refractivity contribution in [2.24, 2.45) is 0 Å². The minimum Gasteiger partial charge on any atom is -0.469 e. The summed E-state index contributed by atoms with van der Waals surface area (Å²) in [5.41, 5.74) is 2.42. The van der Waals surface area contributed by atoms with Crippen LogP contribution in [0.5, 0.6) is 0 Å². The van der Waals surface area contributed by atoms with E-state index in [1.807, 2.05) is 0 Å². The molecule has 0 fully saturated rings. The molecule has 1 aromatic rings. The predicted molar refractivity (Wildman–Crippen MR) is 108 cm³/mol. The van der Waals surface area contributed by atoms with Gasteiger partial charge in [0.1, 0.15) is 0 Å². The second kappa shape index (κ2) is 14.7. The molecule has 0 bridgehead atoms. The van der Waals surface area contributed by atoms with E-state index in [0.29, 0.717) is 6.42 Å². The first-order valence-electron chi connectivity index (χ1n) is 10.1. The molecule has 0 saturated heterocycles. The molecule has 1 aromatic carbocycles. The number of hydrogen-bond donors (Lipinski definition) is 0. The molecule has 140 valence electrons. The first-order chi connectivity index (χ1) is 12.3. The zero-order valence-corrected chi connectivity index (χ0v) is 16.3. The Bertz CT molecular complexity index is 473. The van der Waals surface area contributed by atoms with Crippen LogP contribution in [-0.4, -0.2) is 13.1 Å². The second-order valence-electron chi connectivity index (χ2n) is 6.84. The molecule has 2 heteroatoms. The highest BCUT2D eigenvalue weighted by Crippen LogP contribution is 2.12. The summed E-state index contributed by atoms with van der Waals surface area (Å²) in [4.78, 5) is 11.1. The third-order valence-electron chi connectivity index (χ3n) is 4.61. The first kappa shape index (κ1) is 21.5. The Balaban J connectivity index is 2.07. The van der Waals surface area contributed by atoms with Gasteiger partial charge in [-0.2, -0.15) is 0 Å². The third-order valence-corrected chi connectivity index (χ3v) is 4.61. The van der Waals surface area contributed by atoms with E-state index in [1.54, 1.807) is 0 Å². The van der Waals surface area contributed by atoms with Crippen LogP contribution < -0.4 is 0 Å². The zero-order valence-electron chi connectivity index (χ0n) is 16.3. The number of rotatable bonds is 14. The molecule has 0 spiro atoms. The fourth-order valence-electron chi connectivity index (χ4n) is 2.94. The van der Waals surface area contributed by atoms with Crippen LogP contribution in [0.15, 0.2) is 30.3 Å². The molecule has 1 rings (SSSR count). The highest BCUT2D eigenvalue weighted by molar-refractivity contribution is 5.69. The summed E-state index contributed by atoms with van der Waals surface area (Å²) in [6.07, 6.45) is 19.3. The monoisotopic (exact) mass is 344 g/mol. The van der Waals surface area contributed by atoms with Gasteiger partial charge in [-0.15, -0.1) is 0 Å². The molecule has 25 heavy (non-hydrogen) atoms. The van der Waals surface area contributed by atoms with Gasteiger partial charge in [0.25, 0.3) is 0 Å². The van der Waals surface area contributed by atoms with Crippen LogP contribution in [0.4, 0.5) is 0 Å². The van der Waals surface area contributed by atoms with E-state index in [4.69, 9.17) is 0 Å². The van der Waals surface area contributed by atoms with Crippen LogP contribution in [0, 0.1) is 0 Å². The summed E-state index contributed by atoms with van der Waals surface area (Å²) in [7, 11) is 1.43. The molecular formula is C23H36O2. The SMILES string of the molecule is CCCCCCCCCCCC=Cc1ccc(CCC(=O)OC)cc1. The van der Waals surface area contributed by atoms with Gasteiger partial charge >= 0.3 is 5.97 Å². The number of methoxy groups -OCH3 is 1. The molecule has 0 radical (unpaired) electrons. The van der Waals surface area contributed by atoms with E-state index >= 15 is 0 Å². The fraction of sp³-hybridized carbons (Fsp3) is 0.609. The van der Waals surface area contributed by atoms with Crippen LogP contribution in [0.3, 0.4) is 0 Å². The van der Waals surface area contributed by atoms with Crippen molar-refractivity contribution in [2.45, 2.75) is 84.0 Å². The molecule has 0 saturated carbocycles. The van der Waals surface area contributed by atoms with Crippen LogP contribution in [0.1, 0.15) is 88.7 Å². The number of hydrogen-bond acceptors (Lipinski definition) is 2. The van der Waals surface area contributed by atoms with Crippen molar-refractivity contribution < 1.29 is 9.53 Å². The Morgan fingerprint density at radius 3 is 2.12 bits per heavy atom. The van der Waals surface area contributed by atoms with Crippen molar-refractivity contribution in [3.8, 4) is 0 Å². The van der Waals surface area contributed by atoms with Crippen LogP contribution in [0.25, 0.3) is 6.08 Å². The summed E-state index contributed by atoms with van der Waals surface area (Å²) >= 11 is 0. The van der Waals surface area contributed by atoms with Crippen molar-refractivity contribution in [3.63, 3.8) is 0 Å². The highest BCUT2D eigenvalue weighted by atomic mass is 16.5. The molecule has 0 atom stereocenters. The minimum absolute atomic E-state index is 0.148. The molecule has 0 heterocycles. The van der Waals surface area contributed by atoms with E-state index in [9.17, 15) is 4.79 Å². The van der Waals surface area contributed by atoms with Gasteiger partial charge in [-0.1, -0.05) is 94.7 Å². The van der Waals surface area contributed by atoms with Crippen LogP contribution in [-0.2, 0) is 16.0 Å². The minimum atomic E-state index is -0.148. The quantitative estimate of drug-likeness (QED) is 0.276. The lowest BCUT2D eigenvalue weighted by Crippen LogP contribution is -2.01. The molecule has 0 N–H and O–H groups in total. The summed E-state index contributed by atoms with van der Waals surface area (Å²) in [6.45, 7) is 2.27. The number of unbranched alkanes of at least 4 members (excludes halogenated alkanes) is 9. The number of carbonyl (C=O) groups is 1. The smallest absolute Gasteiger partial charge is 0.305 e. The van der Waals surface area contributed by atoms with Crippen molar-refractivity contribution in [2.75, 3.05) is 7.11 Å². The Labute approximate surface area is 154 Å². The average molecular weight is 345 g/mol. The maximum Gasteiger partial charge on any atom is 0.305 e. The lowest BCUT2D eigenvalue weighted by Gasteiger charge is -2.02. The third kappa shape index (κ3) is 11.6. The van der Waals surface area contributed by atoms with Gasteiger partial charge in [0.15, 0.2) is 0 Å². The summed E-state index contributed by atoms with van der Waals surface area (Å²) in [6, 6.07) is 8.45. The number of carbonyl (C=O) groups excluding carboxylic acids is 1. The van der Waals surface area contributed by atoms with Gasteiger partial charge < -0.3 is 4.74 Å². The largest absolute Gasteiger partial charge is 0.469 e. The van der Waals surface area contributed by atoms with Crippen LogP contribution in [0.2, 0.25) is 0 Å². The Morgan fingerprint density at radius 1 is 0.920 bits per heavy atom. The highest BCUT2D eigenvalue weighted by Gasteiger charge is 2.00. The summed E-state index contributed by atoms with van der Waals surface area (Å²) in [5.74, 6) is -0.148. The van der Waals surface area contributed by atoms with Crippen molar-refractivity contribution in [1.29, 1.82) is 0 Å². The molecule has 0 aromatic heterocycles. The standard InChI is InChI=1S/C23H36O2/c1-3-4-5-6-7-8-9-10-11-12-13-14-21-15-17-22(18-16-21)19-20-23(24)25-2/h13-18H,3-12,19-20H2,1-2H3. The van der Waals surface area contributed by atoms with E-state index < -0.39 is 0 Å². The normalized spacial score (nSPS) is 11.1. The number of benzene rings is 1. The zero-order chi connectivity index (χ0) is 18.2. The van der Waals surface area contributed by atoms with Crippen molar-refractivity contribution >= 4 is 12.0 Å². The van der Waals surface area contributed by atoms with Gasteiger partial charge in [0.2, 0.25) is 0 Å². The van der Waals surface area contributed by atoms with E-state index in [2.05, 4.69) is 48.1 Å². The Kier molecular flexibility index (Phi) is 12.7. The van der Waals surface area contributed by atoms with Gasteiger partial charge in [-0.3, -0.25) is 4.79 Å². The lowest BCUT2D eigenvalue weighted by molar-refractivity contribution is -0.140. The number of esters is 1. The topological polar surface area (TPSA) is 26.3 Å². The predicted octanol–water partition coefficient (Wildman–Crippen LogP) is 6.73. The molecule has 0 amide bonds. The van der Waals surface area contributed by atoms with Crippen LogP contribution >= 0.6 is 0 Å². The second-order valence-corrected chi connectivity index (χ2v) is 6.84. The molecule has 0 aliphatic heterocycles. The Morgan fingerprint density at radius 2 is 1.52 bits per heavy atom. The molecule has 0 aliphatic rings. The molecular weight excluding hydrogens is 308 g/mol.